The summed E-state index contributed by atoms with van der Waals surface area (Å²) in [7, 11) is 0. The highest BCUT2D eigenvalue weighted by Crippen LogP contribution is 2.41. The van der Waals surface area contributed by atoms with Crippen molar-refractivity contribution in [3.8, 4) is 0 Å². The number of halogens is 3. The molecule has 2 saturated carbocycles. The molecule has 1 aromatic carbocycles. The highest BCUT2D eigenvalue weighted by molar-refractivity contribution is 5.95. The average molecular weight is 424 g/mol. The van der Waals surface area contributed by atoms with Crippen LogP contribution < -0.4 is 0 Å². The van der Waals surface area contributed by atoms with E-state index in [0.29, 0.717) is 31.5 Å². The maximum atomic E-state index is 13.2. The monoisotopic (exact) mass is 424 g/mol. The third kappa shape index (κ3) is 4.19. The Balaban J connectivity index is 1.42. The van der Waals surface area contributed by atoms with Crippen LogP contribution in [0.1, 0.15) is 60.9 Å². The largest absolute Gasteiger partial charge is 0.480 e. The van der Waals surface area contributed by atoms with Crippen molar-refractivity contribution in [1.29, 1.82) is 0 Å². The first-order valence-electron chi connectivity index (χ1n) is 10.7. The van der Waals surface area contributed by atoms with Crippen LogP contribution in [0.25, 0.3) is 0 Å². The van der Waals surface area contributed by atoms with E-state index in [-0.39, 0.29) is 23.6 Å². The molecule has 164 valence electrons. The van der Waals surface area contributed by atoms with Crippen LogP contribution in [-0.4, -0.2) is 63.7 Å². The molecule has 1 N–H and O–H groups in total. The van der Waals surface area contributed by atoms with Gasteiger partial charge in [0.05, 0.1) is 6.42 Å². The van der Waals surface area contributed by atoms with Gasteiger partial charge in [0.1, 0.15) is 5.54 Å². The summed E-state index contributed by atoms with van der Waals surface area (Å²) in [5.41, 5.74) is -0.172. The van der Waals surface area contributed by atoms with Crippen molar-refractivity contribution in [3.63, 3.8) is 0 Å². The molecule has 1 heterocycles. The van der Waals surface area contributed by atoms with Crippen molar-refractivity contribution in [2.45, 2.75) is 75.2 Å². The van der Waals surface area contributed by atoms with Gasteiger partial charge in [-0.1, -0.05) is 12.1 Å². The number of hydrogen-bond donors (Lipinski definition) is 1. The minimum Gasteiger partial charge on any atom is -0.480 e. The number of aliphatic carboxylic acids is 1. The first-order valence-corrected chi connectivity index (χ1v) is 10.7. The predicted octanol–water partition coefficient (Wildman–Crippen LogP) is 3.87. The molecule has 0 radical (unpaired) electrons. The van der Waals surface area contributed by atoms with Gasteiger partial charge in [-0.25, -0.2) is 0 Å². The van der Waals surface area contributed by atoms with Crippen LogP contribution >= 0.6 is 0 Å². The highest BCUT2D eigenvalue weighted by atomic mass is 19.4. The summed E-state index contributed by atoms with van der Waals surface area (Å²) in [5.74, 6) is -0.882. The fourth-order valence-electron chi connectivity index (χ4n) is 4.88. The molecule has 30 heavy (non-hydrogen) atoms. The molecular weight excluding hydrogens is 397 g/mol. The zero-order chi connectivity index (χ0) is 21.5. The molecule has 0 atom stereocenters. The quantitative estimate of drug-likeness (QED) is 0.753. The van der Waals surface area contributed by atoms with Gasteiger partial charge in [0.15, 0.2) is 0 Å². The molecule has 0 bridgehead atoms. The number of rotatable bonds is 6. The third-order valence-corrected chi connectivity index (χ3v) is 6.82. The van der Waals surface area contributed by atoms with Crippen molar-refractivity contribution in [1.82, 2.24) is 9.80 Å². The molecule has 3 aliphatic rings. The van der Waals surface area contributed by atoms with Crippen molar-refractivity contribution >= 4 is 11.9 Å². The fraction of sp³-hybridized carbons (Fsp3) is 0.636. The molecule has 0 spiro atoms. The summed E-state index contributed by atoms with van der Waals surface area (Å²) in [6, 6.07) is 5.95. The Kier molecular flexibility index (Phi) is 5.55. The molecule has 1 aliphatic heterocycles. The van der Waals surface area contributed by atoms with Crippen molar-refractivity contribution in [2.24, 2.45) is 0 Å². The normalized spacial score (nSPS) is 22.4. The van der Waals surface area contributed by atoms with Crippen molar-refractivity contribution in [3.05, 3.63) is 35.4 Å². The number of carbonyl (C=O) groups is 2. The van der Waals surface area contributed by atoms with Gasteiger partial charge in [0.25, 0.3) is 5.91 Å². The van der Waals surface area contributed by atoms with Crippen LogP contribution in [0, 0.1) is 0 Å². The van der Waals surface area contributed by atoms with Crippen LogP contribution in [0.15, 0.2) is 24.3 Å². The molecule has 4 rings (SSSR count). The Morgan fingerprint density at radius 1 is 1.03 bits per heavy atom. The third-order valence-electron chi connectivity index (χ3n) is 6.82. The van der Waals surface area contributed by atoms with E-state index in [1.807, 2.05) is 4.90 Å². The molecule has 8 heteroatoms. The molecule has 5 nitrogen and oxygen atoms in total. The smallest absolute Gasteiger partial charge is 0.393 e. The Morgan fingerprint density at radius 3 is 2.03 bits per heavy atom. The van der Waals surface area contributed by atoms with Gasteiger partial charge >= 0.3 is 12.1 Å². The second kappa shape index (κ2) is 7.87. The molecule has 2 aliphatic carbocycles. The minimum atomic E-state index is -4.27. The van der Waals surface area contributed by atoms with E-state index in [1.54, 1.807) is 0 Å². The van der Waals surface area contributed by atoms with Crippen LogP contribution in [-0.2, 0) is 11.2 Å². The topological polar surface area (TPSA) is 60.9 Å². The van der Waals surface area contributed by atoms with E-state index < -0.39 is 24.1 Å². The van der Waals surface area contributed by atoms with Gasteiger partial charge in [-0.05, 0) is 62.6 Å². The number of benzene rings is 1. The van der Waals surface area contributed by atoms with Crippen LogP contribution in [0.4, 0.5) is 13.2 Å². The summed E-state index contributed by atoms with van der Waals surface area (Å²) in [6.45, 7) is 1.30. The summed E-state index contributed by atoms with van der Waals surface area (Å²) < 4.78 is 37.7. The first kappa shape index (κ1) is 21.2. The number of carbonyl (C=O) groups excluding carboxylic acids is 1. The standard InChI is InChI=1S/C22H27F3N2O3/c23-22(24,25)14-15-2-4-16(5-3-15)19(28)27(17-6-7-17)18-8-12-26(13-9-18)21(20(29)30)10-1-11-21/h2-5,17-18H,1,6-14H2,(H,29,30). The molecule has 0 aromatic heterocycles. The molecule has 3 fully saturated rings. The van der Waals surface area contributed by atoms with Crippen LogP contribution in [0.3, 0.4) is 0 Å². The zero-order valence-electron chi connectivity index (χ0n) is 16.8. The Labute approximate surface area is 173 Å². The number of likely N-dealkylation sites (tertiary alicyclic amines) is 1. The van der Waals surface area contributed by atoms with Gasteiger partial charge in [-0.3, -0.25) is 14.5 Å². The van der Waals surface area contributed by atoms with E-state index >= 15 is 0 Å². The molecule has 1 aromatic rings. The zero-order valence-corrected chi connectivity index (χ0v) is 16.8. The van der Waals surface area contributed by atoms with E-state index in [2.05, 4.69) is 4.90 Å². The summed E-state index contributed by atoms with van der Waals surface area (Å²) >= 11 is 0. The Morgan fingerprint density at radius 2 is 1.60 bits per heavy atom. The lowest BCUT2D eigenvalue weighted by molar-refractivity contribution is -0.160. The number of carboxylic acids is 1. The lowest BCUT2D eigenvalue weighted by atomic mass is 9.74. The molecule has 0 unspecified atom stereocenters. The van der Waals surface area contributed by atoms with Gasteiger partial charge in [0.2, 0.25) is 0 Å². The molecule has 1 saturated heterocycles. The Hall–Kier alpha value is -2.09. The maximum absolute atomic E-state index is 13.2. The van der Waals surface area contributed by atoms with Crippen LogP contribution in [0.2, 0.25) is 0 Å². The van der Waals surface area contributed by atoms with E-state index in [1.165, 1.54) is 24.3 Å². The number of hydrogen-bond acceptors (Lipinski definition) is 3. The number of alkyl halides is 3. The fourth-order valence-corrected chi connectivity index (χ4v) is 4.88. The van der Waals surface area contributed by atoms with Gasteiger partial charge in [-0.15, -0.1) is 0 Å². The van der Waals surface area contributed by atoms with Crippen molar-refractivity contribution < 1.29 is 27.9 Å². The maximum Gasteiger partial charge on any atom is 0.393 e. The van der Waals surface area contributed by atoms with E-state index in [0.717, 1.165) is 32.1 Å². The van der Waals surface area contributed by atoms with Crippen LogP contribution in [0.5, 0.6) is 0 Å². The number of amides is 1. The van der Waals surface area contributed by atoms with Crippen molar-refractivity contribution in [2.75, 3.05) is 13.1 Å². The van der Waals surface area contributed by atoms with E-state index in [9.17, 15) is 27.9 Å². The number of piperidine rings is 1. The summed E-state index contributed by atoms with van der Waals surface area (Å²) in [4.78, 5) is 28.9. The highest BCUT2D eigenvalue weighted by Gasteiger charge is 2.51. The second-order valence-electron chi connectivity index (χ2n) is 8.84. The summed E-state index contributed by atoms with van der Waals surface area (Å²) in [6.07, 6.45) is 0.362. The lowest BCUT2D eigenvalue weighted by Crippen LogP contribution is -2.62. The molecule has 1 amide bonds. The molecular formula is C22H27F3N2O3. The minimum absolute atomic E-state index is 0.0435. The first-order chi connectivity index (χ1) is 14.2. The predicted molar refractivity (Wildman–Crippen MR) is 104 cm³/mol. The van der Waals surface area contributed by atoms with Gasteiger partial charge < -0.3 is 10.0 Å². The average Bonchev–Trinajstić information content (AvgIpc) is 3.46. The van der Waals surface area contributed by atoms with Gasteiger partial charge in [0, 0.05) is 30.7 Å². The summed E-state index contributed by atoms with van der Waals surface area (Å²) in [5, 5.41) is 9.66. The second-order valence-corrected chi connectivity index (χ2v) is 8.84. The van der Waals surface area contributed by atoms with E-state index in [4.69, 9.17) is 0 Å². The lowest BCUT2D eigenvalue weighted by Gasteiger charge is -2.50. The number of nitrogens with zero attached hydrogens (tertiary/aromatic N) is 2. The number of carboxylic acid groups (broad SMARTS) is 1. The Bertz CT molecular complexity index is 793. The SMILES string of the molecule is O=C(c1ccc(CC(F)(F)F)cc1)N(C1CC1)C1CCN(C2(C(=O)O)CCC2)CC1. The van der Waals surface area contributed by atoms with Gasteiger partial charge in [-0.2, -0.15) is 13.2 Å².